The number of nitrogens with zero attached hydrogens (tertiary/aromatic N) is 1. The Morgan fingerprint density at radius 1 is 0.857 bits per heavy atom. The van der Waals surface area contributed by atoms with E-state index in [0.29, 0.717) is 0 Å². The average Bonchev–Trinajstić information content (AvgIpc) is 2.80. The molecule has 0 bridgehead atoms. The number of carbonyl (C=O) groups excluding carboxylic acids is 3. The molecule has 0 aliphatic heterocycles. The van der Waals surface area contributed by atoms with Crippen LogP contribution in [0, 0.1) is 10.7 Å². The van der Waals surface area contributed by atoms with Crippen LogP contribution in [0.2, 0.25) is 0 Å². The molecular weight excluding hydrogens is 811 g/mol. The highest BCUT2D eigenvalue weighted by Crippen LogP contribution is 2.37. The number of primary amides is 1. The largest absolute Gasteiger partial charge is 0.481 e. The quantitative estimate of drug-likeness (QED) is 0.0929. The number of hydrogen-bond donors (Lipinski definition) is 8. The number of hydrogen-bond acceptors (Lipinski definition) is 10. The van der Waals surface area contributed by atoms with E-state index in [1.54, 1.807) is 67.8 Å². The van der Waals surface area contributed by atoms with Gasteiger partial charge in [0.2, 0.25) is 0 Å². The lowest BCUT2D eigenvalue weighted by Crippen LogP contribution is -2.44. The average molecular weight is 837 g/mol. The Balaban J connectivity index is 3.45. The number of amides is 3. The summed E-state index contributed by atoms with van der Waals surface area (Å²) in [6.07, 6.45) is -3.83. The molecule has 3 atom stereocenters. The Morgan fingerprint density at radius 3 is 1.80 bits per heavy atom. The van der Waals surface area contributed by atoms with Crippen molar-refractivity contribution in [1.82, 2.24) is 10.2 Å². The maximum Gasteiger partial charge on any atom is 0.258 e. The Labute approximate surface area is 241 Å². The van der Waals surface area contributed by atoms with Crippen LogP contribution in [0.1, 0.15) is 20.7 Å². The molecule has 3 amide bonds. The molecule has 16 heteroatoms. The lowest BCUT2D eigenvalue weighted by atomic mass is 10.1. The number of rotatable bonds is 14. The molecular formula is C19H26I3N3O10. The molecule has 9 N–H and O–H groups in total. The lowest BCUT2D eigenvalue weighted by molar-refractivity contribution is -0.123. The van der Waals surface area contributed by atoms with Gasteiger partial charge in [-0.05, 0) is 67.8 Å². The van der Waals surface area contributed by atoms with Gasteiger partial charge in [0.05, 0.1) is 56.4 Å². The summed E-state index contributed by atoms with van der Waals surface area (Å²) in [4.78, 5) is 38.7. The predicted molar refractivity (Wildman–Crippen MR) is 147 cm³/mol. The van der Waals surface area contributed by atoms with Gasteiger partial charge < -0.3 is 51.3 Å². The summed E-state index contributed by atoms with van der Waals surface area (Å²) in [5.41, 5.74) is 5.42. The number of nitrogens with one attached hydrogen (secondary N) is 1. The van der Waals surface area contributed by atoms with E-state index in [2.05, 4.69) is 5.32 Å². The summed E-state index contributed by atoms with van der Waals surface area (Å²) in [5.74, 6) is -2.26. The number of aliphatic hydroxyl groups excluding tert-OH is 6. The van der Waals surface area contributed by atoms with Gasteiger partial charge in [-0.15, -0.1) is 0 Å². The second-order valence-electron chi connectivity index (χ2n) is 7.20. The lowest BCUT2D eigenvalue weighted by Gasteiger charge is -2.28. The Hall–Kier alpha value is -0.620. The fourth-order valence-electron chi connectivity index (χ4n) is 2.68. The van der Waals surface area contributed by atoms with E-state index >= 15 is 0 Å². The molecule has 3 unspecified atom stereocenters. The monoisotopic (exact) mass is 837 g/mol. The van der Waals surface area contributed by atoms with E-state index in [0.717, 1.165) is 4.90 Å². The van der Waals surface area contributed by atoms with Gasteiger partial charge in [-0.3, -0.25) is 14.4 Å². The van der Waals surface area contributed by atoms with E-state index in [-0.39, 0.29) is 47.2 Å². The van der Waals surface area contributed by atoms with Crippen molar-refractivity contribution >= 4 is 85.5 Å². The molecule has 1 rings (SSSR count). The van der Waals surface area contributed by atoms with Gasteiger partial charge in [-0.2, -0.15) is 0 Å². The molecule has 0 aliphatic carbocycles. The first-order valence-electron chi connectivity index (χ1n) is 9.95. The van der Waals surface area contributed by atoms with Gasteiger partial charge in [0.25, 0.3) is 17.7 Å². The number of halogens is 3. The minimum atomic E-state index is -1.34. The van der Waals surface area contributed by atoms with E-state index in [4.69, 9.17) is 15.6 Å². The highest BCUT2D eigenvalue weighted by atomic mass is 127. The van der Waals surface area contributed by atoms with Crippen molar-refractivity contribution in [1.29, 1.82) is 0 Å². The van der Waals surface area contributed by atoms with Gasteiger partial charge in [0, 0.05) is 23.2 Å². The van der Waals surface area contributed by atoms with Crippen LogP contribution in [-0.4, -0.2) is 118 Å². The maximum atomic E-state index is 13.5. The molecule has 0 aromatic heterocycles. The maximum absolute atomic E-state index is 13.5. The molecule has 0 saturated heterocycles. The third-order valence-corrected chi connectivity index (χ3v) is 7.54. The van der Waals surface area contributed by atoms with E-state index in [9.17, 15) is 39.9 Å². The molecule has 13 nitrogen and oxygen atoms in total. The van der Waals surface area contributed by atoms with Crippen LogP contribution in [0.25, 0.3) is 0 Å². The topological polar surface area (TPSA) is 223 Å². The first-order valence-corrected chi connectivity index (χ1v) is 13.2. The molecule has 0 heterocycles. The highest BCUT2D eigenvalue weighted by molar-refractivity contribution is 14.1. The summed E-state index contributed by atoms with van der Waals surface area (Å²) >= 11 is 5.34. The third-order valence-electron chi connectivity index (χ3n) is 4.40. The van der Waals surface area contributed by atoms with Crippen LogP contribution in [0.3, 0.4) is 0 Å². The van der Waals surface area contributed by atoms with Crippen molar-refractivity contribution in [2.45, 2.75) is 18.3 Å². The molecule has 0 spiro atoms. The smallest absolute Gasteiger partial charge is 0.258 e. The Kier molecular flexibility index (Phi) is 14.4. The summed E-state index contributed by atoms with van der Waals surface area (Å²) < 4.78 is 6.19. The Morgan fingerprint density at radius 2 is 1.34 bits per heavy atom. The van der Waals surface area contributed by atoms with E-state index in [1.807, 2.05) is 0 Å². The van der Waals surface area contributed by atoms with Crippen LogP contribution < -0.4 is 15.8 Å². The van der Waals surface area contributed by atoms with Crippen LogP contribution in [0.4, 0.5) is 0 Å². The zero-order valence-corrected chi connectivity index (χ0v) is 24.6. The van der Waals surface area contributed by atoms with Gasteiger partial charge in [-0.1, -0.05) is 0 Å². The number of nitrogens with two attached hydrogens (primary N) is 1. The molecule has 0 aliphatic rings. The highest BCUT2D eigenvalue weighted by Gasteiger charge is 2.31. The standard InChI is InChI=1S/C19H26I3N3O10/c20-14-12(18(23)33)15(21)17(35-7-11(32)24-1-8(29)4-26)16(22)13(14)19(34)25(2-9(30)5-27)3-10(31)6-28/h8-10,26-31H,1-7H2,(H2,23,33)(H,24,32). The van der Waals surface area contributed by atoms with Gasteiger partial charge in [-0.25, -0.2) is 0 Å². The van der Waals surface area contributed by atoms with Gasteiger partial charge in [0.1, 0.15) is 5.75 Å². The van der Waals surface area contributed by atoms with E-state index in [1.165, 1.54) is 0 Å². The molecule has 0 fully saturated rings. The van der Waals surface area contributed by atoms with Crippen LogP contribution in [0.5, 0.6) is 5.75 Å². The summed E-state index contributed by atoms with van der Waals surface area (Å²) in [6.45, 7) is -3.42. The van der Waals surface area contributed by atoms with Crippen molar-refractivity contribution in [2.75, 3.05) is 46.1 Å². The summed E-state index contributed by atoms with van der Waals surface area (Å²) in [5, 5.41) is 58.7. The first-order chi connectivity index (χ1) is 16.4. The Bertz CT molecular complexity index is 909. The fraction of sp³-hybridized carbons (Fsp3) is 0.526. The molecule has 0 saturated carbocycles. The zero-order chi connectivity index (χ0) is 26.9. The minimum Gasteiger partial charge on any atom is -0.481 e. The van der Waals surface area contributed by atoms with Crippen LogP contribution in [0.15, 0.2) is 0 Å². The number of aliphatic hydroxyl groups is 6. The van der Waals surface area contributed by atoms with Crippen LogP contribution in [-0.2, 0) is 4.79 Å². The van der Waals surface area contributed by atoms with Crippen molar-refractivity contribution < 1.29 is 49.8 Å². The van der Waals surface area contributed by atoms with Crippen molar-refractivity contribution in [2.24, 2.45) is 5.73 Å². The van der Waals surface area contributed by atoms with E-state index < -0.39 is 62.5 Å². The van der Waals surface area contributed by atoms with Crippen molar-refractivity contribution in [3.8, 4) is 5.75 Å². The number of ether oxygens (including phenoxy) is 1. The SMILES string of the molecule is NC(=O)c1c(I)c(OCC(=O)NCC(O)CO)c(I)c(C(=O)N(CC(O)CO)CC(O)CO)c1I. The normalized spacial score (nSPS) is 13.6. The van der Waals surface area contributed by atoms with Gasteiger partial charge in [0.15, 0.2) is 6.61 Å². The fourth-order valence-corrected chi connectivity index (χ4v) is 7.15. The molecule has 35 heavy (non-hydrogen) atoms. The number of benzene rings is 1. The zero-order valence-electron chi connectivity index (χ0n) is 18.2. The molecule has 0 radical (unpaired) electrons. The second-order valence-corrected chi connectivity index (χ2v) is 10.4. The molecule has 1 aromatic rings. The number of carbonyl (C=O) groups is 3. The van der Waals surface area contributed by atoms with Crippen molar-refractivity contribution in [3.63, 3.8) is 0 Å². The second kappa shape index (κ2) is 15.6. The molecule has 198 valence electrons. The van der Waals surface area contributed by atoms with Gasteiger partial charge >= 0.3 is 0 Å². The summed E-state index contributed by atoms with van der Waals surface area (Å²) in [6, 6.07) is 0. The molecule has 1 aromatic carbocycles. The first kappa shape index (κ1) is 32.4. The third kappa shape index (κ3) is 9.32. The minimum absolute atomic E-state index is 0.00647. The van der Waals surface area contributed by atoms with Crippen LogP contribution >= 0.6 is 67.8 Å². The predicted octanol–water partition coefficient (Wildman–Crippen LogP) is -2.40. The van der Waals surface area contributed by atoms with Crippen molar-refractivity contribution in [3.05, 3.63) is 21.8 Å². The summed E-state index contributed by atoms with van der Waals surface area (Å²) in [7, 11) is 0.